The van der Waals surface area contributed by atoms with Gasteiger partial charge in [-0.2, -0.15) is 0 Å². The van der Waals surface area contributed by atoms with E-state index in [4.69, 9.17) is 4.74 Å². The van der Waals surface area contributed by atoms with Crippen LogP contribution in [-0.4, -0.2) is 19.1 Å². The second-order valence-corrected chi connectivity index (χ2v) is 4.98. The molecule has 1 heterocycles. The molecule has 0 aliphatic carbocycles. The molecular weight excluding hydrogens is 245 g/mol. The quantitative estimate of drug-likeness (QED) is 0.832. The van der Waals surface area contributed by atoms with Crippen LogP contribution in [0.1, 0.15) is 31.2 Å². The summed E-state index contributed by atoms with van der Waals surface area (Å²) in [6, 6.07) is 6.37. The molecule has 0 unspecified atom stereocenters. The van der Waals surface area contributed by atoms with E-state index in [1.54, 1.807) is 18.2 Å². The van der Waals surface area contributed by atoms with E-state index in [0.717, 1.165) is 32.4 Å². The van der Waals surface area contributed by atoms with Crippen LogP contribution in [0.3, 0.4) is 0 Å². The molecule has 1 fully saturated rings. The molecule has 1 saturated heterocycles. The van der Waals surface area contributed by atoms with Gasteiger partial charge in [0.1, 0.15) is 12.4 Å². The highest BCUT2D eigenvalue weighted by Crippen LogP contribution is 2.18. The molecule has 0 saturated carbocycles. The van der Waals surface area contributed by atoms with E-state index < -0.39 is 0 Å². The SMILES string of the molecule is O=C(CCC1CCNCC1)OCc1ccccc1F. The van der Waals surface area contributed by atoms with Gasteiger partial charge in [0.25, 0.3) is 0 Å². The minimum Gasteiger partial charge on any atom is -0.461 e. The molecule has 0 radical (unpaired) electrons. The van der Waals surface area contributed by atoms with Gasteiger partial charge in [-0.25, -0.2) is 4.39 Å². The number of nitrogens with one attached hydrogen (secondary N) is 1. The minimum absolute atomic E-state index is 0.0255. The summed E-state index contributed by atoms with van der Waals surface area (Å²) < 4.78 is 18.4. The molecule has 0 atom stereocenters. The number of rotatable bonds is 5. The van der Waals surface area contributed by atoms with Gasteiger partial charge in [-0.05, 0) is 44.3 Å². The molecule has 0 bridgehead atoms. The van der Waals surface area contributed by atoms with Gasteiger partial charge in [0.15, 0.2) is 0 Å². The van der Waals surface area contributed by atoms with Crippen molar-refractivity contribution in [2.75, 3.05) is 13.1 Å². The number of carbonyl (C=O) groups is 1. The molecule has 1 aliphatic heterocycles. The molecule has 3 nitrogen and oxygen atoms in total. The van der Waals surface area contributed by atoms with Crippen molar-refractivity contribution >= 4 is 5.97 Å². The topological polar surface area (TPSA) is 38.3 Å². The molecule has 104 valence electrons. The van der Waals surface area contributed by atoms with Gasteiger partial charge in [-0.15, -0.1) is 0 Å². The number of halogens is 1. The van der Waals surface area contributed by atoms with Gasteiger partial charge < -0.3 is 10.1 Å². The predicted octanol–water partition coefficient (Wildman–Crippen LogP) is 2.65. The number of ether oxygens (including phenoxy) is 1. The van der Waals surface area contributed by atoms with Crippen LogP contribution in [0, 0.1) is 11.7 Å². The van der Waals surface area contributed by atoms with E-state index in [2.05, 4.69) is 5.32 Å². The lowest BCUT2D eigenvalue weighted by Crippen LogP contribution is -2.28. The lowest BCUT2D eigenvalue weighted by molar-refractivity contribution is -0.145. The minimum atomic E-state index is -0.325. The number of carbonyl (C=O) groups excluding carboxylic acids is 1. The van der Waals surface area contributed by atoms with Crippen LogP contribution in [0.15, 0.2) is 24.3 Å². The Morgan fingerprint density at radius 2 is 2.05 bits per heavy atom. The van der Waals surface area contributed by atoms with Gasteiger partial charge >= 0.3 is 5.97 Å². The van der Waals surface area contributed by atoms with Crippen molar-refractivity contribution in [3.8, 4) is 0 Å². The van der Waals surface area contributed by atoms with Crippen LogP contribution in [0.25, 0.3) is 0 Å². The summed E-state index contributed by atoms with van der Waals surface area (Å²) in [5.41, 5.74) is 0.428. The van der Waals surface area contributed by atoms with E-state index in [0.29, 0.717) is 17.9 Å². The van der Waals surface area contributed by atoms with E-state index in [1.807, 2.05) is 0 Å². The van der Waals surface area contributed by atoms with Crippen LogP contribution in [0.5, 0.6) is 0 Å². The highest BCUT2D eigenvalue weighted by molar-refractivity contribution is 5.69. The Labute approximate surface area is 113 Å². The first-order chi connectivity index (χ1) is 9.25. The van der Waals surface area contributed by atoms with Crippen molar-refractivity contribution in [1.29, 1.82) is 0 Å². The zero-order chi connectivity index (χ0) is 13.5. The third kappa shape index (κ3) is 4.63. The molecule has 4 heteroatoms. The van der Waals surface area contributed by atoms with Gasteiger partial charge in [0, 0.05) is 12.0 Å². The monoisotopic (exact) mass is 265 g/mol. The Morgan fingerprint density at radius 3 is 2.79 bits per heavy atom. The number of hydrogen-bond donors (Lipinski definition) is 1. The second kappa shape index (κ2) is 7.24. The van der Waals surface area contributed by atoms with Gasteiger partial charge in [0.2, 0.25) is 0 Å². The maximum atomic E-state index is 13.3. The van der Waals surface area contributed by atoms with Crippen LogP contribution in [0.2, 0.25) is 0 Å². The van der Waals surface area contributed by atoms with Crippen LogP contribution >= 0.6 is 0 Å². The van der Waals surface area contributed by atoms with E-state index in [-0.39, 0.29) is 18.4 Å². The van der Waals surface area contributed by atoms with Crippen molar-refractivity contribution in [3.05, 3.63) is 35.6 Å². The van der Waals surface area contributed by atoms with Crippen molar-refractivity contribution in [2.24, 2.45) is 5.92 Å². The summed E-state index contributed by atoms with van der Waals surface area (Å²) in [4.78, 5) is 11.6. The Bertz CT molecular complexity index is 416. The molecule has 1 aromatic rings. The summed E-state index contributed by atoms with van der Waals surface area (Å²) in [7, 11) is 0. The first-order valence-electron chi connectivity index (χ1n) is 6.85. The molecular formula is C15H20FNO2. The third-order valence-electron chi connectivity index (χ3n) is 3.56. The van der Waals surface area contributed by atoms with Gasteiger partial charge in [-0.3, -0.25) is 4.79 Å². The number of esters is 1. The lowest BCUT2D eigenvalue weighted by atomic mass is 9.93. The number of hydrogen-bond acceptors (Lipinski definition) is 3. The zero-order valence-corrected chi connectivity index (χ0v) is 11.0. The average molecular weight is 265 g/mol. The molecule has 0 aromatic heterocycles. The highest BCUT2D eigenvalue weighted by atomic mass is 19.1. The van der Waals surface area contributed by atoms with Crippen LogP contribution in [-0.2, 0) is 16.1 Å². The van der Waals surface area contributed by atoms with Crippen LogP contribution < -0.4 is 5.32 Å². The largest absolute Gasteiger partial charge is 0.461 e. The predicted molar refractivity (Wildman–Crippen MR) is 71.0 cm³/mol. The van der Waals surface area contributed by atoms with Gasteiger partial charge in [0.05, 0.1) is 0 Å². The van der Waals surface area contributed by atoms with Crippen molar-refractivity contribution in [3.63, 3.8) is 0 Å². The molecule has 19 heavy (non-hydrogen) atoms. The Hall–Kier alpha value is -1.42. The highest BCUT2D eigenvalue weighted by Gasteiger charge is 2.15. The first kappa shape index (κ1) is 14.0. The van der Waals surface area contributed by atoms with Gasteiger partial charge in [-0.1, -0.05) is 18.2 Å². The maximum Gasteiger partial charge on any atom is 0.306 e. The molecule has 0 spiro atoms. The fraction of sp³-hybridized carbons (Fsp3) is 0.533. The lowest BCUT2D eigenvalue weighted by Gasteiger charge is -2.21. The van der Waals surface area contributed by atoms with Crippen LogP contribution in [0.4, 0.5) is 4.39 Å². The first-order valence-corrected chi connectivity index (χ1v) is 6.85. The van der Waals surface area contributed by atoms with E-state index in [1.165, 1.54) is 6.07 Å². The third-order valence-corrected chi connectivity index (χ3v) is 3.56. The smallest absolute Gasteiger partial charge is 0.306 e. The molecule has 0 amide bonds. The molecule has 1 aliphatic rings. The summed E-state index contributed by atoms with van der Waals surface area (Å²) in [6.07, 6.45) is 3.55. The summed E-state index contributed by atoms with van der Waals surface area (Å²) >= 11 is 0. The fourth-order valence-electron chi connectivity index (χ4n) is 2.34. The Kier molecular flexibility index (Phi) is 5.33. The maximum absolute atomic E-state index is 13.3. The van der Waals surface area contributed by atoms with Crippen molar-refractivity contribution < 1.29 is 13.9 Å². The Morgan fingerprint density at radius 1 is 1.32 bits per heavy atom. The van der Waals surface area contributed by atoms with E-state index >= 15 is 0 Å². The second-order valence-electron chi connectivity index (χ2n) is 4.98. The standard InChI is InChI=1S/C15H20FNO2/c16-14-4-2-1-3-13(14)11-19-15(18)6-5-12-7-9-17-10-8-12/h1-4,12,17H,5-11H2. The summed E-state index contributed by atoms with van der Waals surface area (Å²) in [6.45, 7) is 2.10. The average Bonchev–Trinajstić information content (AvgIpc) is 2.45. The zero-order valence-electron chi connectivity index (χ0n) is 11.0. The normalized spacial score (nSPS) is 16.3. The van der Waals surface area contributed by atoms with E-state index in [9.17, 15) is 9.18 Å². The number of piperidine rings is 1. The molecule has 1 N–H and O–H groups in total. The molecule has 2 rings (SSSR count). The fourth-order valence-corrected chi connectivity index (χ4v) is 2.34. The summed E-state index contributed by atoms with van der Waals surface area (Å²) in [5.74, 6) is 0.0534. The number of benzene rings is 1. The molecule has 1 aromatic carbocycles. The van der Waals surface area contributed by atoms with Crippen molar-refractivity contribution in [1.82, 2.24) is 5.32 Å². The summed E-state index contributed by atoms with van der Waals surface area (Å²) in [5, 5.41) is 3.30. The van der Waals surface area contributed by atoms with Crippen molar-refractivity contribution in [2.45, 2.75) is 32.3 Å². The Balaban J connectivity index is 1.68.